The number of nitrogens with one attached hydrogen (secondary N) is 1. The van der Waals surface area contributed by atoms with Gasteiger partial charge in [0.15, 0.2) is 0 Å². The lowest BCUT2D eigenvalue weighted by Crippen LogP contribution is -2.30. The Hall–Kier alpha value is -2.74. The average Bonchev–Trinajstić information content (AvgIpc) is 2.80. The Morgan fingerprint density at radius 1 is 0.944 bits per heavy atom. The highest BCUT2D eigenvalue weighted by atomic mass is 35.5. The summed E-state index contributed by atoms with van der Waals surface area (Å²) < 4.78 is 32.1. The molecule has 3 aromatic rings. The van der Waals surface area contributed by atoms with Crippen LogP contribution in [0.5, 0.6) is 5.75 Å². The number of nitrogens with zero attached hydrogens (tertiary/aromatic N) is 1. The van der Waals surface area contributed by atoms with E-state index < -0.39 is 10.0 Å². The van der Waals surface area contributed by atoms with Crippen LogP contribution in [0.1, 0.15) is 42.3 Å². The van der Waals surface area contributed by atoms with Crippen LogP contribution in [0.3, 0.4) is 0 Å². The van der Waals surface area contributed by atoms with Gasteiger partial charge in [-0.25, -0.2) is 8.42 Å². The topological polar surface area (TPSA) is 75.7 Å². The molecule has 192 valence electrons. The average molecular weight is 550 g/mol. The van der Waals surface area contributed by atoms with Crippen molar-refractivity contribution in [2.45, 2.75) is 32.7 Å². The minimum atomic E-state index is -3.64. The Morgan fingerprint density at radius 3 is 2.14 bits per heavy atom. The van der Waals surface area contributed by atoms with E-state index in [1.54, 1.807) is 42.5 Å². The van der Waals surface area contributed by atoms with Gasteiger partial charge in [-0.15, -0.1) is 0 Å². The Bertz CT molecular complexity index is 1300. The maximum absolute atomic E-state index is 12.6. The van der Waals surface area contributed by atoms with Crippen molar-refractivity contribution in [2.24, 2.45) is 0 Å². The number of amides is 1. The lowest BCUT2D eigenvalue weighted by atomic mass is 9.86. The number of carbonyl (C=O) groups is 1. The summed E-state index contributed by atoms with van der Waals surface area (Å²) in [5, 5.41) is 3.58. The summed E-state index contributed by atoms with van der Waals surface area (Å²) in [6.45, 7) is 6.96. The van der Waals surface area contributed by atoms with Gasteiger partial charge in [0, 0.05) is 21.2 Å². The Kier molecular flexibility index (Phi) is 8.93. The number of halogens is 2. The van der Waals surface area contributed by atoms with Crippen LogP contribution in [0.4, 0.5) is 5.69 Å². The molecule has 0 fully saturated rings. The van der Waals surface area contributed by atoms with Gasteiger partial charge in [-0.3, -0.25) is 9.10 Å². The molecule has 9 heteroatoms. The SMILES string of the molecule is CC(C)(C)c1ccccc1OCCNC(=O)c1ccc(N(Cc2c(Cl)cccc2Cl)S(C)(=O)=O)cc1. The van der Waals surface area contributed by atoms with Crippen molar-refractivity contribution in [3.05, 3.63) is 93.5 Å². The van der Waals surface area contributed by atoms with Crippen molar-refractivity contribution in [3.63, 3.8) is 0 Å². The lowest BCUT2D eigenvalue weighted by molar-refractivity contribution is 0.0947. The Balaban J connectivity index is 1.64. The van der Waals surface area contributed by atoms with Crippen LogP contribution in [0, 0.1) is 0 Å². The van der Waals surface area contributed by atoms with Crippen LogP contribution in [-0.2, 0) is 22.0 Å². The largest absolute Gasteiger partial charge is 0.491 e. The van der Waals surface area contributed by atoms with Gasteiger partial charge in [0.2, 0.25) is 10.0 Å². The molecule has 6 nitrogen and oxygen atoms in total. The Labute approximate surface area is 223 Å². The maximum Gasteiger partial charge on any atom is 0.251 e. The molecule has 1 amide bonds. The van der Waals surface area contributed by atoms with Gasteiger partial charge in [0.05, 0.1) is 25.0 Å². The van der Waals surface area contributed by atoms with Gasteiger partial charge < -0.3 is 10.1 Å². The monoisotopic (exact) mass is 548 g/mol. The first-order valence-corrected chi connectivity index (χ1v) is 14.0. The molecule has 0 unspecified atom stereocenters. The number of sulfonamides is 1. The van der Waals surface area contributed by atoms with Crippen molar-refractivity contribution < 1.29 is 17.9 Å². The van der Waals surface area contributed by atoms with E-state index in [-0.39, 0.29) is 17.9 Å². The first-order chi connectivity index (χ1) is 16.9. The van der Waals surface area contributed by atoms with Crippen LogP contribution < -0.4 is 14.4 Å². The molecule has 0 aliphatic carbocycles. The van der Waals surface area contributed by atoms with E-state index in [4.69, 9.17) is 27.9 Å². The normalized spacial score (nSPS) is 11.7. The summed E-state index contributed by atoms with van der Waals surface area (Å²) >= 11 is 12.5. The third-order valence-electron chi connectivity index (χ3n) is 5.52. The Morgan fingerprint density at radius 2 is 1.56 bits per heavy atom. The van der Waals surface area contributed by atoms with Crippen molar-refractivity contribution in [1.29, 1.82) is 0 Å². The third-order valence-corrected chi connectivity index (χ3v) is 7.37. The molecule has 0 heterocycles. The molecular weight excluding hydrogens is 519 g/mol. The van der Waals surface area contributed by atoms with E-state index >= 15 is 0 Å². The first-order valence-electron chi connectivity index (χ1n) is 11.4. The van der Waals surface area contributed by atoms with E-state index in [1.165, 1.54) is 4.31 Å². The van der Waals surface area contributed by atoms with Crippen molar-refractivity contribution >= 4 is 44.8 Å². The highest BCUT2D eigenvalue weighted by Gasteiger charge is 2.21. The highest BCUT2D eigenvalue weighted by molar-refractivity contribution is 7.92. The number of carbonyl (C=O) groups excluding carboxylic acids is 1. The van der Waals surface area contributed by atoms with Gasteiger partial charge in [-0.1, -0.05) is 68.2 Å². The van der Waals surface area contributed by atoms with Crippen molar-refractivity contribution in [2.75, 3.05) is 23.7 Å². The van der Waals surface area contributed by atoms with Crippen molar-refractivity contribution in [3.8, 4) is 5.75 Å². The summed E-state index contributed by atoms with van der Waals surface area (Å²) in [6.07, 6.45) is 1.11. The zero-order valence-electron chi connectivity index (χ0n) is 20.7. The molecule has 3 rings (SSSR count). The molecular formula is C27H30Cl2N2O4S. The molecule has 36 heavy (non-hydrogen) atoms. The maximum atomic E-state index is 12.6. The van der Waals surface area contributed by atoms with Gasteiger partial charge in [-0.05, 0) is 53.4 Å². The van der Waals surface area contributed by atoms with Gasteiger partial charge in [0.25, 0.3) is 5.91 Å². The number of hydrogen-bond donors (Lipinski definition) is 1. The fourth-order valence-corrected chi connectivity index (χ4v) is 5.03. The molecule has 0 radical (unpaired) electrons. The van der Waals surface area contributed by atoms with Gasteiger partial charge >= 0.3 is 0 Å². The summed E-state index contributed by atoms with van der Waals surface area (Å²) in [6, 6.07) is 19.2. The predicted octanol–water partition coefficient (Wildman–Crippen LogP) is 6.07. The number of para-hydroxylation sites is 1. The van der Waals surface area contributed by atoms with Crippen LogP contribution in [-0.4, -0.2) is 33.7 Å². The van der Waals surface area contributed by atoms with Crippen molar-refractivity contribution in [1.82, 2.24) is 5.32 Å². The second kappa shape index (κ2) is 11.5. The molecule has 1 N–H and O–H groups in total. The third kappa shape index (κ3) is 7.15. The highest BCUT2D eigenvalue weighted by Crippen LogP contribution is 2.31. The lowest BCUT2D eigenvalue weighted by Gasteiger charge is -2.24. The quantitative estimate of drug-likeness (QED) is 0.329. The molecule has 0 bridgehead atoms. The standard InChI is InChI=1S/C27H30Cl2N2O4S/c1-27(2,3)22-8-5-6-11-25(22)35-17-16-30-26(32)19-12-14-20(15-13-19)31(36(4,33)34)18-21-23(28)9-7-10-24(21)29/h5-15H,16-18H2,1-4H3,(H,30,32). The molecule has 3 aromatic carbocycles. The number of benzene rings is 3. The number of rotatable bonds is 9. The van der Waals surface area contributed by atoms with E-state index in [0.29, 0.717) is 40.0 Å². The minimum absolute atomic E-state index is 0.0315. The van der Waals surface area contributed by atoms with Crippen LogP contribution in [0.15, 0.2) is 66.7 Å². The predicted molar refractivity (Wildman–Crippen MR) is 147 cm³/mol. The summed E-state index contributed by atoms with van der Waals surface area (Å²) in [7, 11) is -3.64. The number of ether oxygens (including phenoxy) is 1. The second-order valence-electron chi connectivity index (χ2n) is 9.37. The van der Waals surface area contributed by atoms with E-state index in [1.807, 2.05) is 24.3 Å². The summed E-state index contributed by atoms with van der Waals surface area (Å²) in [5.41, 5.74) is 2.34. The molecule has 0 aliphatic rings. The zero-order chi connectivity index (χ0) is 26.5. The molecule has 0 saturated heterocycles. The van der Waals surface area contributed by atoms with Crippen LogP contribution in [0.25, 0.3) is 0 Å². The number of anilines is 1. The van der Waals surface area contributed by atoms with Crippen LogP contribution >= 0.6 is 23.2 Å². The van der Waals surface area contributed by atoms with E-state index in [9.17, 15) is 13.2 Å². The van der Waals surface area contributed by atoms with Gasteiger partial charge in [0.1, 0.15) is 12.4 Å². The second-order valence-corrected chi connectivity index (χ2v) is 12.1. The van der Waals surface area contributed by atoms with E-state index in [0.717, 1.165) is 17.6 Å². The fourth-order valence-electron chi connectivity index (χ4n) is 3.65. The molecule has 0 aromatic heterocycles. The van der Waals surface area contributed by atoms with E-state index in [2.05, 4.69) is 26.1 Å². The summed E-state index contributed by atoms with van der Waals surface area (Å²) in [4.78, 5) is 12.6. The number of hydrogen-bond acceptors (Lipinski definition) is 4. The first kappa shape index (κ1) is 27.8. The molecule has 0 spiro atoms. The zero-order valence-corrected chi connectivity index (χ0v) is 23.0. The molecule has 0 aliphatic heterocycles. The van der Waals surface area contributed by atoms with Gasteiger partial charge in [-0.2, -0.15) is 0 Å². The summed E-state index contributed by atoms with van der Waals surface area (Å²) in [5.74, 6) is 0.511. The minimum Gasteiger partial charge on any atom is -0.491 e. The fraction of sp³-hybridized carbons (Fsp3) is 0.296. The smallest absolute Gasteiger partial charge is 0.251 e. The molecule has 0 atom stereocenters. The van der Waals surface area contributed by atoms with Crippen LogP contribution in [0.2, 0.25) is 10.0 Å². The molecule has 0 saturated carbocycles.